The summed E-state index contributed by atoms with van der Waals surface area (Å²) in [4.78, 5) is 16.5. The summed E-state index contributed by atoms with van der Waals surface area (Å²) >= 11 is 6.78. The van der Waals surface area contributed by atoms with Crippen LogP contribution in [0.1, 0.15) is 36.5 Å². The van der Waals surface area contributed by atoms with Crippen molar-refractivity contribution in [2.45, 2.75) is 38.3 Å². The van der Waals surface area contributed by atoms with Crippen LogP contribution in [0.4, 0.5) is 16.2 Å². The molecule has 3 fully saturated rings. The Labute approximate surface area is 240 Å². The van der Waals surface area contributed by atoms with Gasteiger partial charge in [0, 0.05) is 49.7 Å². The standard InChI is InChI=1S/C31H36ClFN6O/c1-19-7-5-6-8-21(19)14-23(40)13-20(2)26-25(32)15-24-28(27(26)33)35-30(38-16-22(17-38)37(3)4)36-29(24)39-12-11-34-18-31(39)9-10-31/h5-8,13-15,22,34,40H,9-12,16-18H2,1-4H3/b20-13+,23-14+. The van der Waals surface area contributed by atoms with Gasteiger partial charge in [0.05, 0.1) is 10.6 Å². The molecule has 0 unspecified atom stereocenters. The molecule has 2 aromatic carbocycles. The highest BCUT2D eigenvalue weighted by atomic mass is 35.5. The largest absolute Gasteiger partial charge is 0.508 e. The maximum atomic E-state index is 16.5. The minimum absolute atomic E-state index is 0.0154. The summed E-state index contributed by atoms with van der Waals surface area (Å²) in [5.41, 5.74) is 2.97. The highest BCUT2D eigenvalue weighted by Gasteiger charge is 2.50. The third-order valence-corrected chi connectivity index (χ3v) is 8.90. The Kier molecular flexibility index (Phi) is 6.97. The van der Waals surface area contributed by atoms with Crippen LogP contribution in [0.25, 0.3) is 22.6 Å². The number of nitrogens with one attached hydrogen (secondary N) is 1. The number of halogens is 2. The first kappa shape index (κ1) is 27.0. The lowest BCUT2D eigenvalue weighted by Crippen LogP contribution is -2.58. The summed E-state index contributed by atoms with van der Waals surface area (Å²) in [6.07, 6.45) is 5.39. The van der Waals surface area contributed by atoms with Crippen molar-refractivity contribution in [3.8, 4) is 0 Å². The molecule has 210 valence electrons. The molecule has 9 heteroatoms. The van der Waals surface area contributed by atoms with Crippen LogP contribution in [0.5, 0.6) is 0 Å². The van der Waals surface area contributed by atoms with E-state index in [1.54, 1.807) is 25.1 Å². The lowest BCUT2D eigenvalue weighted by atomic mass is 10.0. The molecule has 1 spiro atoms. The maximum absolute atomic E-state index is 16.5. The van der Waals surface area contributed by atoms with Crippen LogP contribution in [-0.2, 0) is 0 Å². The predicted molar refractivity (Wildman–Crippen MR) is 162 cm³/mol. The third-order valence-electron chi connectivity index (χ3n) is 8.60. The summed E-state index contributed by atoms with van der Waals surface area (Å²) in [6.45, 7) is 7.86. The molecule has 0 radical (unpaired) electrons. The average molecular weight is 563 g/mol. The van der Waals surface area contributed by atoms with Gasteiger partial charge in [-0.3, -0.25) is 0 Å². The van der Waals surface area contributed by atoms with Crippen LogP contribution in [0, 0.1) is 12.7 Å². The van der Waals surface area contributed by atoms with Crippen LogP contribution in [0.3, 0.4) is 0 Å². The topological polar surface area (TPSA) is 67.8 Å². The summed E-state index contributed by atoms with van der Waals surface area (Å²) in [5, 5.41) is 15.1. The first-order valence-electron chi connectivity index (χ1n) is 13.9. The average Bonchev–Trinajstić information content (AvgIpc) is 3.64. The van der Waals surface area contributed by atoms with E-state index in [9.17, 15) is 5.11 Å². The second-order valence-electron chi connectivity index (χ2n) is 11.6. The normalized spacial score (nSPS) is 19.6. The molecule has 1 saturated carbocycles. The molecule has 2 saturated heterocycles. The molecule has 1 aliphatic carbocycles. The number of aliphatic hydroxyl groups excluding tert-OH is 1. The molecule has 1 aromatic heterocycles. The Morgan fingerprint density at radius 2 is 1.98 bits per heavy atom. The lowest BCUT2D eigenvalue weighted by Gasteiger charge is -2.43. The van der Waals surface area contributed by atoms with Gasteiger partial charge in [0.25, 0.3) is 0 Å². The number of aliphatic hydroxyl groups is 1. The monoisotopic (exact) mass is 562 g/mol. The number of fused-ring (bicyclic) bond motifs is 1. The molecule has 3 aromatic rings. The van der Waals surface area contributed by atoms with E-state index in [-0.39, 0.29) is 27.4 Å². The Balaban J connectivity index is 1.45. The van der Waals surface area contributed by atoms with Crippen LogP contribution < -0.4 is 15.1 Å². The van der Waals surface area contributed by atoms with E-state index < -0.39 is 5.82 Å². The molecule has 0 bridgehead atoms. The Bertz CT molecular complexity index is 1530. The van der Waals surface area contributed by atoms with E-state index >= 15 is 4.39 Å². The van der Waals surface area contributed by atoms with Gasteiger partial charge >= 0.3 is 0 Å². The molecular weight excluding hydrogens is 527 g/mol. The number of rotatable bonds is 6. The number of aryl methyl sites for hydroxylation is 1. The first-order chi connectivity index (χ1) is 19.2. The lowest BCUT2D eigenvalue weighted by molar-refractivity contribution is 0.245. The predicted octanol–water partition coefficient (Wildman–Crippen LogP) is 5.43. The summed E-state index contributed by atoms with van der Waals surface area (Å²) < 4.78 is 16.5. The van der Waals surface area contributed by atoms with Gasteiger partial charge in [0.2, 0.25) is 5.95 Å². The Morgan fingerprint density at radius 1 is 1.23 bits per heavy atom. The molecule has 7 nitrogen and oxygen atoms in total. The van der Waals surface area contributed by atoms with E-state index in [0.29, 0.717) is 22.9 Å². The zero-order valence-corrected chi connectivity index (χ0v) is 24.3. The quantitative estimate of drug-likeness (QED) is 0.307. The van der Waals surface area contributed by atoms with Crippen molar-refractivity contribution in [1.82, 2.24) is 20.2 Å². The minimum Gasteiger partial charge on any atom is -0.508 e. The molecule has 0 amide bonds. The van der Waals surface area contributed by atoms with Gasteiger partial charge in [-0.15, -0.1) is 0 Å². The number of nitrogens with zero attached hydrogens (tertiary/aromatic N) is 5. The van der Waals surface area contributed by atoms with Crippen molar-refractivity contribution < 1.29 is 9.50 Å². The SMILES string of the molecule is C/C(=C\C(O)=C/c1ccccc1C)c1c(Cl)cc2c(N3CCNCC34CC4)nc(N3CC(N(C)C)C3)nc2c1F. The molecule has 2 N–H and O–H groups in total. The van der Waals surface area contributed by atoms with Gasteiger partial charge in [-0.2, -0.15) is 4.98 Å². The summed E-state index contributed by atoms with van der Waals surface area (Å²) in [6, 6.07) is 9.98. The number of allylic oxidation sites excluding steroid dienone is 2. The van der Waals surface area contributed by atoms with Gasteiger partial charge in [-0.1, -0.05) is 35.9 Å². The van der Waals surface area contributed by atoms with Gasteiger partial charge in [0.15, 0.2) is 5.82 Å². The van der Waals surface area contributed by atoms with Crippen molar-refractivity contribution in [3.63, 3.8) is 0 Å². The fourth-order valence-corrected chi connectivity index (χ4v) is 6.17. The maximum Gasteiger partial charge on any atom is 0.228 e. The van der Waals surface area contributed by atoms with Crippen LogP contribution in [-0.4, -0.2) is 78.4 Å². The Hall–Kier alpha value is -3.20. The first-order valence-corrected chi connectivity index (χ1v) is 14.3. The van der Waals surface area contributed by atoms with E-state index in [1.807, 2.05) is 31.2 Å². The smallest absolute Gasteiger partial charge is 0.228 e. The third kappa shape index (κ3) is 4.82. The second kappa shape index (κ2) is 10.3. The highest BCUT2D eigenvalue weighted by Crippen LogP contribution is 2.47. The van der Waals surface area contributed by atoms with Gasteiger partial charge in [0.1, 0.15) is 17.1 Å². The van der Waals surface area contributed by atoms with Crippen LogP contribution >= 0.6 is 11.6 Å². The zero-order chi connectivity index (χ0) is 28.2. The minimum atomic E-state index is -0.491. The summed E-state index contributed by atoms with van der Waals surface area (Å²) in [5.74, 6) is 0.836. The van der Waals surface area contributed by atoms with E-state index in [1.165, 1.54) is 0 Å². The van der Waals surface area contributed by atoms with E-state index in [4.69, 9.17) is 21.6 Å². The molecule has 3 heterocycles. The highest BCUT2D eigenvalue weighted by molar-refractivity contribution is 6.33. The Morgan fingerprint density at radius 3 is 2.67 bits per heavy atom. The van der Waals surface area contributed by atoms with Gasteiger partial charge in [-0.05, 0) is 75.7 Å². The fraction of sp³-hybridized carbons (Fsp3) is 0.419. The van der Waals surface area contributed by atoms with Crippen molar-refractivity contribution in [2.75, 3.05) is 56.6 Å². The van der Waals surface area contributed by atoms with Crippen molar-refractivity contribution in [1.29, 1.82) is 0 Å². The fourth-order valence-electron chi connectivity index (χ4n) is 5.83. The van der Waals surface area contributed by atoms with Crippen LogP contribution in [0.15, 0.2) is 42.2 Å². The number of benzene rings is 2. The van der Waals surface area contributed by atoms with Crippen molar-refractivity contribution in [3.05, 3.63) is 69.7 Å². The molecule has 40 heavy (non-hydrogen) atoms. The zero-order valence-electron chi connectivity index (χ0n) is 23.5. The van der Waals surface area contributed by atoms with E-state index in [2.05, 4.69) is 34.1 Å². The molecule has 3 aliphatic rings. The molecule has 2 aliphatic heterocycles. The number of piperazine rings is 1. The second-order valence-corrected chi connectivity index (χ2v) is 12.0. The molecule has 6 rings (SSSR count). The van der Waals surface area contributed by atoms with Crippen molar-refractivity contribution >= 4 is 45.9 Å². The number of likely N-dealkylation sites (N-methyl/N-ethyl adjacent to an activating group) is 1. The number of anilines is 2. The van der Waals surface area contributed by atoms with Crippen molar-refractivity contribution in [2.24, 2.45) is 0 Å². The van der Waals surface area contributed by atoms with Gasteiger partial charge in [-0.25, -0.2) is 9.37 Å². The van der Waals surface area contributed by atoms with E-state index in [0.717, 1.165) is 62.5 Å². The summed E-state index contributed by atoms with van der Waals surface area (Å²) in [7, 11) is 4.14. The molecular formula is C31H36ClFN6O. The number of hydrogen-bond donors (Lipinski definition) is 2. The number of aromatic nitrogens is 2. The molecule has 0 atom stereocenters. The van der Waals surface area contributed by atoms with Gasteiger partial charge < -0.3 is 25.1 Å². The van der Waals surface area contributed by atoms with Crippen LogP contribution in [0.2, 0.25) is 5.02 Å². The number of hydrogen-bond acceptors (Lipinski definition) is 7.